The minimum atomic E-state index is 0. The minimum absolute atomic E-state index is 0. The van der Waals surface area contributed by atoms with Crippen molar-refractivity contribution >= 4 is 35.8 Å². The number of aliphatic imine (C=N–C) groups is 1. The second-order valence-electron chi connectivity index (χ2n) is 6.79. The van der Waals surface area contributed by atoms with Crippen LogP contribution < -0.4 is 20.1 Å². The summed E-state index contributed by atoms with van der Waals surface area (Å²) in [5, 5.41) is 6.43. The van der Waals surface area contributed by atoms with Crippen molar-refractivity contribution < 1.29 is 14.3 Å². The molecular weight excluding hydrogens is 495 g/mol. The maximum atomic E-state index is 12.4. The molecule has 0 saturated carbocycles. The van der Waals surface area contributed by atoms with E-state index in [2.05, 4.69) is 15.6 Å². The first-order valence-corrected chi connectivity index (χ1v) is 9.84. The summed E-state index contributed by atoms with van der Waals surface area (Å²) in [5.74, 6) is 2.29. The van der Waals surface area contributed by atoms with Gasteiger partial charge in [0.25, 0.3) is 0 Å². The molecule has 0 unspecified atom stereocenters. The molecule has 1 aliphatic heterocycles. The number of amides is 1. The third-order valence-corrected chi connectivity index (χ3v) is 4.52. The van der Waals surface area contributed by atoms with Crippen LogP contribution in [0.15, 0.2) is 53.5 Å². The average Bonchev–Trinajstić information content (AvgIpc) is 3.20. The number of carbonyl (C=O) groups excluding carboxylic acids is 1. The molecule has 3 rings (SSSR count). The van der Waals surface area contributed by atoms with Crippen LogP contribution in [0.1, 0.15) is 24.5 Å². The average molecular weight is 524 g/mol. The number of halogens is 1. The van der Waals surface area contributed by atoms with Gasteiger partial charge in [0.2, 0.25) is 12.7 Å². The lowest BCUT2D eigenvalue weighted by Crippen LogP contribution is -2.39. The first-order valence-electron chi connectivity index (χ1n) is 9.84. The third kappa shape index (κ3) is 7.08. The highest BCUT2D eigenvalue weighted by atomic mass is 127. The van der Waals surface area contributed by atoms with Gasteiger partial charge in [0.1, 0.15) is 0 Å². The fraction of sp³-hybridized carbons (Fsp3) is 0.364. The van der Waals surface area contributed by atoms with Gasteiger partial charge in [-0.2, -0.15) is 0 Å². The van der Waals surface area contributed by atoms with Gasteiger partial charge in [-0.1, -0.05) is 36.4 Å². The van der Waals surface area contributed by atoms with Crippen LogP contribution in [0.5, 0.6) is 11.5 Å². The number of nitrogens with one attached hydrogen (secondary N) is 2. The first kappa shape index (κ1) is 23.8. The molecule has 1 heterocycles. The van der Waals surface area contributed by atoms with E-state index in [1.165, 1.54) is 0 Å². The van der Waals surface area contributed by atoms with Gasteiger partial charge in [0.15, 0.2) is 17.5 Å². The van der Waals surface area contributed by atoms with E-state index in [4.69, 9.17) is 9.47 Å². The minimum Gasteiger partial charge on any atom is -0.454 e. The second-order valence-corrected chi connectivity index (χ2v) is 6.79. The van der Waals surface area contributed by atoms with E-state index >= 15 is 0 Å². The molecule has 0 radical (unpaired) electrons. The molecule has 0 bridgehead atoms. The van der Waals surface area contributed by atoms with Crippen LogP contribution in [0.3, 0.4) is 0 Å². The van der Waals surface area contributed by atoms with Crippen LogP contribution in [-0.2, 0) is 17.9 Å². The molecule has 2 aromatic carbocycles. The van der Waals surface area contributed by atoms with Crippen molar-refractivity contribution in [2.75, 3.05) is 26.9 Å². The fourth-order valence-electron chi connectivity index (χ4n) is 2.98. The van der Waals surface area contributed by atoms with E-state index in [9.17, 15) is 4.79 Å². The van der Waals surface area contributed by atoms with Crippen LogP contribution in [0, 0.1) is 0 Å². The zero-order valence-corrected chi connectivity index (χ0v) is 19.7. The Bertz CT molecular complexity index is 846. The Balaban J connectivity index is 0.00000320. The molecule has 7 nitrogen and oxygen atoms in total. The van der Waals surface area contributed by atoms with Gasteiger partial charge in [-0.15, -0.1) is 24.0 Å². The Labute approximate surface area is 194 Å². The van der Waals surface area contributed by atoms with Gasteiger partial charge < -0.3 is 25.0 Å². The molecule has 1 amide bonds. The van der Waals surface area contributed by atoms with Gasteiger partial charge in [0.05, 0.1) is 6.54 Å². The molecular formula is C22H29IN4O3. The third-order valence-electron chi connectivity index (χ3n) is 4.52. The van der Waals surface area contributed by atoms with Crippen LogP contribution in [0.4, 0.5) is 0 Å². The maximum Gasteiger partial charge on any atom is 0.231 e. The number of rotatable bonds is 8. The Morgan fingerprint density at radius 2 is 1.83 bits per heavy atom. The molecule has 0 spiro atoms. The number of carbonyl (C=O) groups is 1. The molecule has 8 heteroatoms. The van der Waals surface area contributed by atoms with Crippen molar-refractivity contribution in [1.82, 2.24) is 15.5 Å². The van der Waals surface area contributed by atoms with Crippen LogP contribution in [0.2, 0.25) is 0 Å². The Kier molecular flexibility index (Phi) is 9.72. The predicted octanol–water partition coefficient (Wildman–Crippen LogP) is 3.14. The zero-order valence-electron chi connectivity index (χ0n) is 17.4. The molecule has 0 aromatic heterocycles. The zero-order chi connectivity index (χ0) is 20.5. The molecule has 162 valence electrons. The van der Waals surface area contributed by atoms with E-state index in [1.54, 1.807) is 4.90 Å². The number of hydrogen-bond donors (Lipinski definition) is 2. The van der Waals surface area contributed by atoms with Crippen molar-refractivity contribution in [1.29, 1.82) is 0 Å². The highest BCUT2D eigenvalue weighted by Crippen LogP contribution is 2.32. The molecule has 0 fully saturated rings. The monoisotopic (exact) mass is 524 g/mol. The highest BCUT2D eigenvalue weighted by molar-refractivity contribution is 14.0. The summed E-state index contributed by atoms with van der Waals surface area (Å²) in [5.41, 5.74) is 2.15. The summed E-state index contributed by atoms with van der Waals surface area (Å²) in [6.45, 7) is 4.65. The van der Waals surface area contributed by atoms with E-state index in [1.807, 2.05) is 62.5 Å². The highest BCUT2D eigenvalue weighted by Gasteiger charge is 2.13. The lowest BCUT2D eigenvalue weighted by atomic mass is 10.2. The SMILES string of the molecule is CCNC(=NCc1ccc2c(c1)OCO2)NCCC(=O)N(C)Cc1ccccc1.I. The van der Waals surface area contributed by atoms with E-state index < -0.39 is 0 Å². The largest absolute Gasteiger partial charge is 0.454 e. The van der Waals surface area contributed by atoms with E-state index in [-0.39, 0.29) is 36.7 Å². The summed E-state index contributed by atoms with van der Waals surface area (Å²) >= 11 is 0. The Hall–Kier alpha value is -2.49. The van der Waals surface area contributed by atoms with Gasteiger partial charge >= 0.3 is 0 Å². The summed E-state index contributed by atoms with van der Waals surface area (Å²) in [6.07, 6.45) is 0.401. The molecule has 1 aliphatic rings. The van der Waals surface area contributed by atoms with Crippen LogP contribution in [-0.4, -0.2) is 43.7 Å². The molecule has 0 aliphatic carbocycles. The number of hydrogen-bond acceptors (Lipinski definition) is 4. The summed E-state index contributed by atoms with van der Waals surface area (Å²) in [7, 11) is 1.83. The molecule has 0 saturated heterocycles. The first-order chi connectivity index (χ1) is 14.2. The van der Waals surface area contributed by atoms with Gasteiger partial charge in [-0.05, 0) is 30.2 Å². The summed E-state index contributed by atoms with van der Waals surface area (Å²) < 4.78 is 10.7. The summed E-state index contributed by atoms with van der Waals surface area (Å²) in [6, 6.07) is 15.8. The Morgan fingerprint density at radius 1 is 1.07 bits per heavy atom. The molecule has 2 aromatic rings. The lowest BCUT2D eigenvalue weighted by Gasteiger charge is -2.18. The smallest absolute Gasteiger partial charge is 0.231 e. The van der Waals surface area contributed by atoms with Crippen molar-refractivity contribution in [2.24, 2.45) is 4.99 Å². The van der Waals surface area contributed by atoms with Crippen molar-refractivity contribution in [3.05, 3.63) is 59.7 Å². The van der Waals surface area contributed by atoms with Crippen LogP contribution >= 0.6 is 24.0 Å². The number of fused-ring (bicyclic) bond motifs is 1. The second kappa shape index (κ2) is 12.3. The number of ether oxygens (including phenoxy) is 2. The van der Waals surface area contributed by atoms with E-state index in [0.29, 0.717) is 32.0 Å². The lowest BCUT2D eigenvalue weighted by molar-refractivity contribution is -0.130. The number of guanidine groups is 1. The van der Waals surface area contributed by atoms with Gasteiger partial charge in [-0.3, -0.25) is 4.79 Å². The van der Waals surface area contributed by atoms with Crippen LogP contribution in [0.25, 0.3) is 0 Å². The molecule has 2 N–H and O–H groups in total. The molecule has 30 heavy (non-hydrogen) atoms. The van der Waals surface area contributed by atoms with Crippen molar-refractivity contribution in [3.8, 4) is 11.5 Å². The predicted molar refractivity (Wildman–Crippen MR) is 128 cm³/mol. The molecule has 0 atom stereocenters. The summed E-state index contributed by atoms with van der Waals surface area (Å²) in [4.78, 5) is 18.7. The van der Waals surface area contributed by atoms with Gasteiger partial charge in [-0.25, -0.2) is 4.99 Å². The number of nitrogens with zero attached hydrogens (tertiary/aromatic N) is 2. The standard InChI is InChI=1S/C22H28N4O3.HI/c1-3-23-22(25-14-18-9-10-19-20(13-18)29-16-28-19)24-12-11-21(27)26(2)15-17-7-5-4-6-8-17;/h4-10,13H,3,11-12,14-16H2,1-2H3,(H2,23,24,25);1H. The maximum absolute atomic E-state index is 12.4. The topological polar surface area (TPSA) is 75.2 Å². The normalized spacial score (nSPS) is 12.1. The van der Waals surface area contributed by atoms with Crippen molar-refractivity contribution in [2.45, 2.75) is 26.4 Å². The fourth-order valence-corrected chi connectivity index (χ4v) is 2.98. The Morgan fingerprint density at radius 3 is 2.60 bits per heavy atom. The van der Waals surface area contributed by atoms with Gasteiger partial charge in [0, 0.05) is 33.1 Å². The van der Waals surface area contributed by atoms with Crippen molar-refractivity contribution in [3.63, 3.8) is 0 Å². The number of benzene rings is 2. The van der Waals surface area contributed by atoms with E-state index in [0.717, 1.165) is 29.2 Å². The quantitative estimate of drug-likeness (QED) is 0.316.